The molecule has 3 aromatic rings. The topological polar surface area (TPSA) is 72.7 Å². The molecule has 0 unspecified atom stereocenters. The number of fused-ring (bicyclic) bond motifs is 1. The molecule has 1 aliphatic rings. The Morgan fingerprint density at radius 3 is 3.04 bits per heavy atom. The van der Waals surface area contributed by atoms with Crippen LogP contribution in [0.1, 0.15) is 46.2 Å². The number of halogens is 1. The SMILES string of the molecule is O=C(N[C@@H]1CCCc2c1cnn2Cc1cccc(Cl)c1)c1cnccn1. The Morgan fingerprint density at radius 2 is 2.23 bits per heavy atom. The number of rotatable bonds is 4. The molecule has 0 radical (unpaired) electrons. The molecule has 0 saturated carbocycles. The van der Waals surface area contributed by atoms with Gasteiger partial charge in [0.25, 0.3) is 5.91 Å². The molecular formula is C19H18ClN5O. The van der Waals surface area contributed by atoms with Crippen LogP contribution in [0.3, 0.4) is 0 Å². The van der Waals surface area contributed by atoms with E-state index in [0.717, 1.165) is 35.4 Å². The lowest BCUT2D eigenvalue weighted by Gasteiger charge is -2.24. The minimum Gasteiger partial charge on any atom is -0.344 e. The van der Waals surface area contributed by atoms with Crippen LogP contribution in [0.15, 0.2) is 49.1 Å². The Kier molecular flexibility index (Phi) is 4.67. The first kappa shape index (κ1) is 16.7. The van der Waals surface area contributed by atoms with Gasteiger partial charge in [-0.05, 0) is 37.0 Å². The van der Waals surface area contributed by atoms with Crippen molar-refractivity contribution >= 4 is 17.5 Å². The highest BCUT2D eigenvalue weighted by atomic mass is 35.5. The van der Waals surface area contributed by atoms with Crippen LogP contribution in [0.5, 0.6) is 0 Å². The van der Waals surface area contributed by atoms with Crippen molar-refractivity contribution in [1.29, 1.82) is 0 Å². The summed E-state index contributed by atoms with van der Waals surface area (Å²) in [5, 5.41) is 8.33. The summed E-state index contributed by atoms with van der Waals surface area (Å²) in [5.41, 5.74) is 3.68. The van der Waals surface area contributed by atoms with E-state index in [9.17, 15) is 4.79 Å². The molecule has 1 N–H and O–H groups in total. The summed E-state index contributed by atoms with van der Waals surface area (Å²) in [5.74, 6) is -0.210. The number of carbonyl (C=O) groups is 1. The van der Waals surface area contributed by atoms with Crippen LogP contribution in [-0.4, -0.2) is 25.7 Å². The third-order valence-corrected chi connectivity index (χ3v) is 4.82. The fourth-order valence-electron chi connectivity index (χ4n) is 3.36. The zero-order chi connectivity index (χ0) is 17.9. The molecule has 0 spiro atoms. The largest absolute Gasteiger partial charge is 0.344 e. The molecule has 1 aliphatic carbocycles. The van der Waals surface area contributed by atoms with Crippen molar-refractivity contribution in [2.45, 2.75) is 31.8 Å². The summed E-state index contributed by atoms with van der Waals surface area (Å²) >= 11 is 6.08. The molecule has 0 fully saturated rings. The minimum absolute atomic E-state index is 0.0543. The molecule has 1 aromatic carbocycles. The van der Waals surface area contributed by atoms with Gasteiger partial charge in [-0.3, -0.25) is 14.5 Å². The van der Waals surface area contributed by atoms with E-state index in [2.05, 4.69) is 20.4 Å². The number of carbonyl (C=O) groups excluding carboxylic acids is 1. The summed E-state index contributed by atoms with van der Waals surface area (Å²) < 4.78 is 2.00. The normalized spacial score (nSPS) is 16.1. The molecule has 4 rings (SSSR count). The average Bonchev–Trinajstić information content (AvgIpc) is 3.06. The van der Waals surface area contributed by atoms with Crippen LogP contribution in [0.25, 0.3) is 0 Å². The highest BCUT2D eigenvalue weighted by Crippen LogP contribution is 2.30. The van der Waals surface area contributed by atoms with Crippen LogP contribution in [0, 0.1) is 0 Å². The fraction of sp³-hybridized carbons (Fsp3) is 0.263. The first-order chi connectivity index (χ1) is 12.7. The zero-order valence-corrected chi connectivity index (χ0v) is 14.9. The Balaban J connectivity index is 1.54. The number of benzene rings is 1. The number of hydrogen-bond donors (Lipinski definition) is 1. The summed E-state index contributed by atoms with van der Waals surface area (Å²) in [4.78, 5) is 20.4. The Labute approximate surface area is 156 Å². The molecule has 0 aliphatic heterocycles. The maximum atomic E-state index is 12.4. The number of aromatic nitrogens is 4. The van der Waals surface area contributed by atoms with E-state index < -0.39 is 0 Å². The van der Waals surface area contributed by atoms with Crippen LogP contribution < -0.4 is 5.32 Å². The van der Waals surface area contributed by atoms with Gasteiger partial charge in [-0.1, -0.05) is 23.7 Å². The first-order valence-electron chi connectivity index (χ1n) is 8.56. The molecule has 0 saturated heterocycles. The molecule has 0 bridgehead atoms. The first-order valence-corrected chi connectivity index (χ1v) is 8.94. The van der Waals surface area contributed by atoms with Gasteiger partial charge in [-0.2, -0.15) is 5.10 Å². The molecule has 1 amide bonds. The standard InChI is InChI=1S/C19H18ClN5O/c20-14-4-1-3-13(9-14)12-25-18-6-2-5-16(15(18)10-23-25)24-19(26)17-11-21-7-8-22-17/h1,3-4,7-11,16H,2,5-6,12H2,(H,24,26)/t16-/m1/s1. The van der Waals surface area contributed by atoms with Crippen LogP contribution >= 0.6 is 11.6 Å². The van der Waals surface area contributed by atoms with Gasteiger partial charge in [0.05, 0.1) is 25.0 Å². The molecule has 1 atom stereocenters. The molecule has 132 valence electrons. The molecule has 2 aromatic heterocycles. The lowest BCUT2D eigenvalue weighted by atomic mass is 9.92. The molecule has 6 nitrogen and oxygen atoms in total. The van der Waals surface area contributed by atoms with Gasteiger partial charge in [0.15, 0.2) is 0 Å². The van der Waals surface area contributed by atoms with Gasteiger partial charge in [0.1, 0.15) is 5.69 Å². The van der Waals surface area contributed by atoms with Crippen molar-refractivity contribution in [2.24, 2.45) is 0 Å². The Bertz CT molecular complexity index is 925. The van der Waals surface area contributed by atoms with Gasteiger partial charge < -0.3 is 5.32 Å². The predicted molar refractivity (Wildman–Crippen MR) is 98.0 cm³/mol. The predicted octanol–water partition coefficient (Wildman–Crippen LogP) is 3.18. The van der Waals surface area contributed by atoms with E-state index in [1.165, 1.54) is 18.1 Å². The van der Waals surface area contributed by atoms with Crippen molar-refractivity contribution in [3.8, 4) is 0 Å². The van der Waals surface area contributed by atoms with Crippen LogP contribution in [0.4, 0.5) is 0 Å². The lowest BCUT2D eigenvalue weighted by molar-refractivity contribution is 0.0927. The maximum absolute atomic E-state index is 12.4. The maximum Gasteiger partial charge on any atom is 0.271 e. The third kappa shape index (κ3) is 3.46. The van der Waals surface area contributed by atoms with Crippen LogP contribution in [0.2, 0.25) is 5.02 Å². The number of hydrogen-bond acceptors (Lipinski definition) is 4. The molecule has 26 heavy (non-hydrogen) atoms. The molecule has 7 heteroatoms. The van der Waals surface area contributed by atoms with Crippen LogP contribution in [-0.2, 0) is 13.0 Å². The summed E-state index contributed by atoms with van der Waals surface area (Å²) in [7, 11) is 0. The minimum atomic E-state index is -0.210. The lowest BCUT2D eigenvalue weighted by Crippen LogP contribution is -2.31. The quantitative estimate of drug-likeness (QED) is 0.768. The van der Waals surface area contributed by atoms with Crippen molar-refractivity contribution in [3.05, 3.63) is 76.6 Å². The van der Waals surface area contributed by atoms with Crippen molar-refractivity contribution in [2.75, 3.05) is 0 Å². The number of nitrogens with one attached hydrogen (secondary N) is 1. The van der Waals surface area contributed by atoms with Gasteiger partial charge in [-0.15, -0.1) is 0 Å². The highest BCUT2D eigenvalue weighted by Gasteiger charge is 2.26. The van der Waals surface area contributed by atoms with E-state index in [1.807, 2.05) is 35.1 Å². The second-order valence-corrected chi connectivity index (χ2v) is 6.78. The van der Waals surface area contributed by atoms with Gasteiger partial charge >= 0.3 is 0 Å². The third-order valence-electron chi connectivity index (χ3n) is 4.59. The summed E-state index contributed by atoms with van der Waals surface area (Å²) in [6.07, 6.45) is 9.25. The van der Waals surface area contributed by atoms with Gasteiger partial charge in [-0.25, -0.2) is 4.98 Å². The number of amides is 1. The van der Waals surface area contributed by atoms with E-state index in [1.54, 1.807) is 6.20 Å². The highest BCUT2D eigenvalue weighted by molar-refractivity contribution is 6.30. The van der Waals surface area contributed by atoms with E-state index >= 15 is 0 Å². The van der Waals surface area contributed by atoms with E-state index in [4.69, 9.17) is 11.6 Å². The zero-order valence-electron chi connectivity index (χ0n) is 14.1. The molecule has 2 heterocycles. The monoisotopic (exact) mass is 367 g/mol. The fourth-order valence-corrected chi connectivity index (χ4v) is 3.57. The van der Waals surface area contributed by atoms with Gasteiger partial charge in [0.2, 0.25) is 0 Å². The van der Waals surface area contributed by atoms with Crippen molar-refractivity contribution in [3.63, 3.8) is 0 Å². The second kappa shape index (κ2) is 7.25. The van der Waals surface area contributed by atoms with Gasteiger partial charge in [0, 0.05) is 28.7 Å². The smallest absolute Gasteiger partial charge is 0.271 e. The van der Waals surface area contributed by atoms with Crippen molar-refractivity contribution < 1.29 is 4.79 Å². The van der Waals surface area contributed by atoms with Crippen molar-refractivity contribution in [1.82, 2.24) is 25.1 Å². The second-order valence-electron chi connectivity index (χ2n) is 6.34. The van der Waals surface area contributed by atoms with E-state index in [0.29, 0.717) is 12.2 Å². The Hall–Kier alpha value is -2.73. The summed E-state index contributed by atoms with van der Waals surface area (Å²) in [6, 6.07) is 7.74. The van der Waals surface area contributed by atoms with E-state index in [-0.39, 0.29) is 11.9 Å². The Morgan fingerprint density at radius 1 is 1.31 bits per heavy atom. The summed E-state index contributed by atoms with van der Waals surface area (Å²) in [6.45, 7) is 0.667. The average molecular weight is 368 g/mol. The number of nitrogens with zero attached hydrogens (tertiary/aromatic N) is 4. The molecular weight excluding hydrogens is 350 g/mol.